The van der Waals surface area contributed by atoms with E-state index in [-0.39, 0.29) is 23.1 Å². The molecule has 1 N–H and O–H groups in total. The molecule has 2 aliphatic carbocycles. The highest BCUT2D eigenvalue weighted by Crippen LogP contribution is 2.56. The van der Waals surface area contributed by atoms with Crippen LogP contribution >= 0.6 is 0 Å². The Morgan fingerprint density at radius 1 is 1.30 bits per heavy atom. The lowest BCUT2D eigenvalue weighted by molar-refractivity contribution is -0.0779. The monoisotopic (exact) mass is 368 g/mol. The maximum Gasteiger partial charge on any atom is 0.336 e. The third kappa shape index (κ3) is 3.20. The zero-order valence-electron chi connectivity index (χ0n) is 16.1. The van der Waals surface area contributed by atoms with Gasteiger partial charge in [0.15, 0.2) is 0 Å². The van der Waals surface area contributed by atoms with Crippen LogP contribution in [0.15, 0.2) is 51.7 Å². The van der Waals surface area contributed by atoms with Gasteiger partial charge in [-0.15, -0.1) is 0 Å². The Balaban J connectivity index is 1.56. The van der Waals surface area contributed by atoms with Crippen LogP contribution < -0.4 is 10.4 Å². The molecule has 0 amide bonds. The molecule has 2 saturated carbocycles. The summed E-state index contributed by atoms with van der Waals surface area (Å²) >= 11 is 0. The molecule has 144 valence electrons. The molecule has 0 bridgehead atoms. The van der Waals surface area contributed by atoms with E-state index in [4.69, 9.17) is 9.15 Å². The van der Waals surface area contributed by atoms with Gasteiger partial charge in [-0.05, 0) is 61.1 Å². The zero-order chi connectivity index (χ0) is 19.2. The summed E-state index contributed by atoms with van der Waals surface area (Å²) < 4.78 is 11.4. The van der Waals surface area contributed by atoms with Crippen LogP contribution in [0, 0.1) is 23.2 Å². The fourth-order valence-electron chi connectivity index (χ4n) is 5.40. The third-order valence-electron chi connectivity index (χ3n) is 7.14. The van der Waals surface area contributed by atoms with Gasteiger partial charge in [0.1, 0.15) is 11.3 Å². The molecule has 1 aromatic carbocycles. The summed E-state index contributed by atoms with van der Waals surface area (Å²) in [5.41, 5.74) is 1.55. The molecular formula is C23H28O4. The first-order valence-corrected chi connectivity index (χ1v) is 9.91. The number of aliphatic hydroxyl groups is 1. The van der Waals surface area contributed by atoms with E-state index in [1.54, 1.807) is 12.1 Å². The molecule has 0 aliphatic heterocycles. The summed E-state index contributed by atoms with van der Waals surface area (Å²) in [5.74, 6) is 1.79. The van der Waals surface area contributed by atoms with Gasteiger partial charge < -0.3 is 14.3 Å². The van der Waals surface area contributed by atoms with Crippen molar-refractivity contribution in [3.05, 3.63) is 52.9 Å². The second kappa shape index (κ2) is 6.83. The maximum atomic E-state index is 11.5. The molecule has 1 heterocycles. The minimum atomic E-state index is -0.356. The number of benzene rings is 1. The van der Waals surface area contributed by atoms with Gasteiger partial charge in [-0.2, -0.15) is 0 Å². The van der Waals surface area contributed by atoms with Crippen molar-refractivity contribution >= 4 is 11.0 Å². The summed E-state index contributed by atoms with van der Waals surface area (Å²) in [6.07, 6.45) is 3.75. The Morgan fingerprint density at radius 3 is 2.89 bits per heavy atom. The minimum absolute atomic E-state index is 0.109. The lowest BCUT2D eigenvalue weighted by atomic mass is 9.51. The predicted molar refractivity (Wildman–Crippen MR) is 106 cm³/mol. The quantitative estimate of drug-likeness (QED) is 0.638. The molecule has 4 heteroatoms. The Morgan fingerprint density at radius 2 is 2.07 bits per heavy atom. The smallest absolute Gasteiger partial charge is 0.336 e. The van der Waals surface area contributed by atoms with Crippen molar-refractivity contribution in [3.8, 4) is 5.75 Å². The van der Waals surface area contributed by atoms with Crippen LogP contribution in [-0.4, -0.2) is 17.8 Å². The molecule has 2 aromatic rings. The fraction of sp³-hybridized carbons (Fsp3) is 0.522. The van der Waals surface area contributed by atoms with Crippen LogP contribution in [-0.2, 0) is 0 Å². The van der Waals surface area contributed by atoms with Crippen molar-refractivity contribution in [2.24, 2.45) is 23.2 Å². The number of hydrogen-bond donors (Lipinski definition) is 1. The third-order valence-corrected chi connectivity index (χ3v) is 7.14. The van der Waals surface area contributed by atoms with Crippen LogP contribution in [0.4, 0.5) is 0 Å². The van der Waals surface area contributed by atoms with Gasteiger partial charge in [-0.1, -0.05) is 26.0 Å². The first-order chi connectivity index (χ1) is 12.9. The Labute approximate surface area is 159 Å². The normalized spacial score (nSPS) is 33.7. The number of fused-ring (bicyclic) bond motifs is 2. The van der Waals surface area contributed by atoms with Crippen molar-refractivity contribution in [1.29, 1.82) is 0 Å². The van der Waals surface area contributed by atoms with E-state index in [9.17, 15) is 9.90 Å². The standard InChI is InChI=1S/C23H28O4/c1-14-4-8-18-15(2)20(24)10-11-23(18,3)19(14)13-26-17-7-5-16-6-9-22(25)27-21(16)12-17/h5-7,9,12,15,18-20,24H,1,4,8,10-11,13H2,2-3H3. The largest absolute Gasteiger partial charge is 0.493 e. The van der Waals surface area contributed by atoms with E-state index in [0.717, 1.165) is 31.1 Å². The first kappa shape index (κ1) is 18.3. The predicted octanol–water partition coefficient (Wildman–Crippen LogP) is 4.55. The van der Waals surface area contributed by atoms with Crippen LogP contribution in [0.25, 0.3) is 11.0 Å². The van der Waals surface area contributed by atoms with Gasteiger partial charge >= 0.3 is 5.63 Å². The van der Waals surface area contributed by atoms with Gasteiger partial charge in [-0.25, -0.2) is 4.79 Å². The molecule has 0 radical (unpaired) electrons. The van der Waals surface area contributed by atoms with Crippen LogP contribution in [0.5, 0.6) is 5.75 Å². The van der Waals surface area contributed by atoms with Crippen molar-refractivity contribution in [2.75, 3.05) is 6.61 Å². The topological polar surface area (TPSA) is 59.7 Å². The minimum Gasteiger partial charge on any atom is -0.493 e. The van der Waals surface area contributed by atoms with E-state index in [1.165, 1.54) is 11.6 Å². The lowest BCUT2D eigenvalue weighted by Gasteiger charge is -2.55. The number of rotatable bonds is 3. The number of hydrogen-bond acceptors (Lipinski definition) is 4. The van der Waals surface area contributed by atoms with Gasteiger partial charge in [0.25, 0.3) is 0 Å². The van der Waals surface area contributed by atoms with E-state index in [2.05, 4.69) is 20.4 Å². The SMILES string of the molecule is C=C1CCC2C(C)C(O)CCC2(C)C1COc1ccc2ccc(=O)oc2c1. The Kier molecular flexibility index (Phi) is 4.63. The summed E-state index contributed by atoms with van der Waals surface area (Å²) in [6.45, 7) is 9.44. The van der Waals surface area contributed by atoms with Crippen LogP contribution in [0.3, 0.4) is 0 Å². The van der Waals surface area contributed by atoms with Crippen molar-refractivity contribution in [3.63, 3.8) is 0 Å². The molecule has 5 atom stereocenters. The Hall–Kier alpha value is -2.07. The highest BCUT2D eigenvalue weighted by Gasteiger charge is 2.51. The van der Waals surface area contributed by atoms with Gasteiger partial charge in [0.2, 0.25) is 0 Å². The number of aliphatic hydroxyl groups excluding tert-OH is 1. The molecule has 1 aromatic heterocycles. The zero-order valence-corrected chi connectivity index (χ0v) is 16.1. The second-order valence-corrected chi connectivity index (χ2v) is 8.59. The van der Waals surface area contributed by atoms with Gasteiger partial charge in [0.05, 0.1) is 12.7 Å². The van der Waals surface area contributed by atoms with Crippen LogP contribution in [0.2, 0.25) is 0 Å². The summed E-state index contributed by atoms with van der Waals surface area (Å²) in [4.78, 5) is 11.5. The van der Waals surface area contributed by atoms with Crippen molar-refractivity contribution in [1.82, 2.24) is 0 Å². The van der Waals surface area contributed by atoms with E-state index in [1.807, 2.05) is 12.1 Å². The van der Waals surface area contributed by atoms with E-state index < -0.39 is 0 Å². The average Bonchev–Trinajstić information content (AvgIpc) is 2.64. The van der Waals surface area contributed by atoms with E-state index >= 15 is 0 Å². The molecule has 0 spiro atoms. The highest BCUT2D eigenvalue weighted by molar-refractivity contribution is 5.77. The summed E-state index contributed by atoms with van der Waals surface area (Å²) in [7, 11) is 0. The summed E-state index contributed by atoms with van der Waals surface area (Å²) in [6, 6.07) is 8.80. The molecule has 2 aliphatic rings. The molecule has 4 rings (SSSR count). The van der Waals surface area contributed by atoms with Crippen molar-refractivity contribution in [2.45, 2.75) is 45.6 Å². The molecular weight excluding hydrogens is 340 g/mol. The Bertz CT molecular complexity index is 914. The first-order valence-electron chi connectivity index (χ1n) is 9.91. The highest BCUT2D eigenvalue weighted by atomic mass is 16.5. The average molecular weight is 368 g/mol. The molecule has 27 heavy (non-hydrogen) atoms. The molecule has 4 nitrogen and oxygen atoms in total. The lowest BCUT2D eigenvalue weighted by Crippen LogP contribution is -2.51. The maximum absolute atomic E-state index is 11.5. The fourth-order valence-corrected chi connectivity index (χ4v) is 5.40. The molecule has 5 unspecified atom stereocenters. The van der Waals surface area contributed by atoms with Crippen molar-refractivity contribution < 1.29 is 14.3 Å². The van der Waals surface area contributed by atoms with Gasteiger partial charge in [0, 0.05) is 23.4 Å². The second-order valence-electron chi connectivity index (χ2n) is 8.59. The van der Waals surface area contributed by atoms with E-state index in [0.29, 0.717) is 29.8 Å². The van der Waals surface area contributed by atoms with Gasteiger partial charge in [-0.3, -0.25) is 0 Å². The van der Waals surface area contributed by atoms with Crippen LogP contribution in [0.1, 0.15) is 39.5 Å². The molecule has 2 fully saturated rings. The summed E-state index contributed by atoms with van der Waals surface area (Å²) in [5, 5.41) is 11.2. The molecule has 0 saturated heterocycles. The number of ether oxygens (including phenoxy) is 1.